The van der Waals surface area contributed by atoms with Crippen molar-refractivity contribution in [3.8, 4) is 0 Å². The largest absolute Gasteiger partial charge is 0.326 e. The lowest BCUT2D eigenvalue weighted by Crippen LogP contribution is -2.46. The van der Waals surface area contributed by atoms with Gasteiger partial charge in [-0.1, -0.05) is 67.4 Å². The van der Waals surface area contributed by atoms with Crippen LogP contribution in [0.4, 0.5) is 11.4 Å². The molecule has 0 spiro atoms. The molecule has 0 bridgehead atoms. The van der Waals surface area contributed by atoms with E-state index < -0.39 is 0 Å². The second-order valence-corrected chi connectivity index (χ2v) is 7.70. The topological polar surface area (TPSA) is 78.5 Å². The summed E-state index contributed by atoms with van der Waals surface area (Å²) in [6.07, 6.45) is 3.90. The zero-order valence-corrected chi connectivity index (χ0v) is 18.6. The molecule has 0 heterocycles. The molecule has 0 aliphatic carbocycles. The number of unbranched alkanes of at least 4 members (excludes halogenated alkanes) is 3. The van der Waals surface area contributed by atoms with Crippen molar-refractivity contribution in [1.29, 1.82) is 0 Å². The van der Waals surface area contributed by atoms with Crippen LogP contribution >= 0.6 is 0 Å². The Kier molecular flexibility index (Phi) is 9.21. The summed E-state index contributed by atoms with van der Waals surface area (Å²) >= 11 is 0. The maximum atomic E-state index is 12.9. The van der Waals surface area contributed by atoms with Crippen molar-refractivity contribution in [1.82, 2.24) is 5.43 Å². The van der Waals surface area contributed by atoms with Crippen molar-refractivity contribution in [2.75, 3.05) is 10.3 Å². The first-order valence-corrected chi connectivity index (χ1v) is 11.2. The molecule has 0 saturated heterocycles. The average molecular weight is 444 g/mol. The number of carbonyl (C=O) groups is 3. The van der Waals surface area contributed by atoms with E-state index in [0.29, 0.717) is 30.5 Å². The first kappa shape index (κ1) is 23.7. The van der Waals surface area contributed by atoms with Gasteiger partial charge in [0.15, 0.2) is 0 Å². The summed E-state index contributed by atoms with van der Waals surface area (Å²) in [5.74, 6) is -0.513. The molecule has 6 nitrogen and oxygen atoms in total. The van der Waals surface area contributed by atoms with Crippen LogP contribution in [0, 0.1) is 0 Å². The minimum atomic E-state index is -0.336. The highest BCUT2D eigenvalue weighted by atomic mass is 16.2. The fourth-order valence-corrected chi connectivity index (χ4v) is 3.38. The number of hydrazine groups is 1. The summed E-state index contributed by atoms with van der Waals surface area (Å²) in [6, 6.07) is 27.3. The molecule has 0 fully saturated rings. The first-order valence-electron chi connectivity index (χ1n) is 11.2. The minimum Gasteiger partial charge on any atom is -0.326 e. The van der Waals surface area contributed by atoms with Gasteiger partial charge in [0.25, 0.3) is 5.91 Å². The van der Waals surface area contributed by atoms with E-state index in [9.17, 15) is 14.4 Å². The van der Waals surface area contributed by atoms with Crippen LogP contribution in [0.15, 0.2) is 91.0 Å². The van der Waals surface area contributed by atoms with Gasteiger partial charge < -0.3 is 5.32 Å². The van der Waals surface area contributed by atoms with E-state index in [4.69, 9.17) is 0 Å². The Hall–Kier alpha value is -3.93. The minimum absolute atomic E-state index is 0.00356. The van der Waals surface area contributed by atoms with Crippen molar-refractivity contribution in [2.24, 2.45) is 0 Å². The standard InChI is InChI=1S/C27H29N3O3/c31-25(28-23-16-8-4-9-17-23)20-12-1-2-13-21-26(32)30(24-18-10-5-11-19-24)29-27(33)22-14-6-3-7-15-22/h3-11,14-19H,1-2,12-13,20-21H2,(H,28,31)(H,29,33). The number of hydrogen-bond donors (Lipinski definition) is 2. The van der Waals surface area contributed by atoms with Gasteiger partial charge in [0.1, 0.15) is 0 Å². The summed E-state index contributed by atoms with van der Waals surface area (Å²) in [5.41, 5.74) is 4.63. The molecular weight excluding hydrogens is 414 g/mol. The normalized spacial score (nSPS) is 10.3. The Morgan fingerprint density at radius 3 is 1.82 bits per heavy atom. The third-order valence-corrected chi connectivity index (χ3v) is 5.12. The zero-order chi connectivity index (χ0) is 23.3. The van der Waals surface area contributed by atoms with E-state index in [1.807, 2.05) is 54.6 Å². The maximum Gasteiger partial charge on any atom is 0.270 e. The summed E-state index contributed by atoms with van der Waals surface area (Å²) in [7, 11) is 0. The highest BCUT2D eigenvalue weighted by Gasteiger charge is 2.18. The molecule has 170 valence electrons. The second kappa shape index (κ2) is 12.8. The van der Waals surface area contributed by atoms with Crippen molar-refractivity contribution < 1.29 is 14.4 Å². The van der Waals surface area contributed by atoms with Crippen LogP contribution < -0.4 is 15.8 Å². The Labute approximate surface area is 194 Å². The fourth-order valence-electron chi connectivity index (χ4n) is 3.38. The third kappa shape index (κ3) is 7.92. The monoisotopic (exact) mass is 443 g/mol. The molecule has 0 aliphatic heterocycles. The quantitative estimate of drug-likeness (QED) is 0.328. The smallest absolute Gasteiger partial charge is 0.270 e. The number of carbonyl (C=O) groups excluding carboxylic acids is 3. The predicted molar refractivity (Wildman–Crippen MR) is 131 cm³/mol. The van der Waals surface area contributed by atoms with Crippen LogP contribution in [-0.4, -0.2) is 17.7 Å². The fraction of sp³-hybridized carbons (Fsp3) is 0.222. The summed E-state index contributed by atoms with van der Waals surface area (Å²) in [5, 5.41) is 4.20. The SMILES string of the molecule is O=C(CCCCCCC(=O)N(NC(=O)c1ccccc1)c1ccccc1)Nc1ccccc1. The van der Waals surface area contributed by atoms with E-state index in [1.165, 1.54) is 5.01 Å². The second-order valence-electron chi connectivity index (χ2n) is 7.70. The van der Waals surface area contributed by atoms with E-state index >= 15 is 0 Å². The van der Waals surface area contributed by atoms with Crippen LogP contribution in [0.25, 0.3) is 0 Å². The summed E-state index contributed by atoms with van der Waals surface area (Å²) in [6.45, 7) is 0. The molecule has 0 aromatic heterocycles. The van der Waals surface area contributed by atoms with E-state index in [1.54, 1.807) is 36.4 Å². The number of nitrogens with zero attached hydrogens (tertiary/aromatic N) is 1. The van der Waals surface area contributed by atoms with Crippen LogP contribution in [0.5, 0.6) is 0 Å². The van der Waals surface area contributed by atoms with Crippen LogP contribution in [0.3, 0.4) is 0 Å². The van der Waals surface area contributed by atoms with Crippen LogP contribution in [0.2, 0.25) is 0 Å². The molecule has 0 aliphatic rings. The van der Waals surface area contributed by atoms with Gasteiger partial charge in [-0.2, -0.15) is 0 Å². The molecule has 33 heavy (non-hydrogen) atoms. The van der Waals surface area contributed by atoms with Gasteiger partial charge in [-0.05, 0) is 49.2 Å². The predicted octanol–water partition coefficient (Wildman–Crippen LogP) is 5.34. The van der Waals surface area contributed by atoms with Gasteiger partial charge >= 0.3 is 0 Å². The number of hydrogen-bond acceptors (Lipinski definition) is 3. The first-order chi connectivity index (χ1) is 16.1. The number of nitrogens with one attached hydrogen (secondary N) is 2. The molecular formula is C27H29N3O3. The maximum absolute atomic E-state index is 12.9. The highest BCUT2D eigenvalue weighted by Crippen LogP contribution is 2.15. The van der Waals surface area contributed by atoms with E-state index in [-0.39, 0.29) is 17.7 Å². The number of benzene rings is 3. The molecule has 3 rings (SSSR count). The summed E-state index contributed by atoms with van der Waals surface area (Å²) in [4.78, 5) is 37.5. The van der Waals surface area contributed by atoms with E-state index in [2.05, 4.69) is 10.7 Å². The zero-order valence-electron chi connectivity index (χ0n) is 18.6. The van der Waals surface area contributed by atoms with Crippen molar-refractivity contribution in [2.45, 2.75) is 38.5 Å². The molecule has 2 N–H and O–H groups in total. The number of rotatable bonds is 10. The number of anilines is 2. The van der Waals surface area contributed by atoms with Crippen molar-refractivity contribution >= 4 is 29.1 Å². The highest BCUT2D eigenvalue weighted by molar-refractivity contribution is 6.01. The molecule has 3 aromatic rings. The van der Waals surface area contributed by atoms with Gasteiger partial charge in [0.05, 0.1) is 5.69 Å². The molecule has 6 heteroatoms. The molecule has 3 amide bonds. The lowest BCUT2D eigenvalue weighted by molar-refractivity contribution is -0.119. The molecule has 0 unspecified atom stereocenters. The third-order valence-electron chi connectivity index (χ3n) is 5.12. The average Bonchev–Trinajstić information content (AvgIpc) is 2.86. The molecule has 0 radical (unpaired) electrons. The van der Waals surface area contributed by atoms with Crippen LogP contribution in [-0.2, 0) is 9.59 Å². The van der Waals surface area contributed by atoms with Gasteiger partial charge in [0, 0.05) is 24.1 Å². The van der Waals surface area contributed by atoms with Gasteiger partial charge in [0.2, 0.25) is 11.8 Å². The Bertz CT molecular complexity index is 1020. The van der Waals surface area contributed by atoms with E-state index in [0.717, 1.165) is 24.9 Å². The Morgan fingerprint density at radius 1 is 0.636 bits per heavy atom. The van der Waals surface area contributed by atoms with Gasteiger partial charge in [-0.3, -0.25) is 19.8 Å². The van der Waals surface area contributed by atoms with Crippen LogP contribution in [0.1, 0.15) is 48.9 Å². The van der Waals surface area contributed by atoms with Crippen molar-refractivity contribution in [3.05, 3.63) is 96.6 Å². The van der Waals surface area contributed by atoms with Gasteiger partial charge in [-0.25, -0.2) is 5.01 Å². The van der Waals surface area contributed by atoms with Crippen molar-refractivity contribution in [3.63, 3.8) is 0 Å². The Morgan fingerprint density at radius 2 is 1.18 bits per heavy atom. The molecule has 0 atom stereocenters. The van der Waals surface area contributed by atoms with Gasteiger partial charge in [-0.15, -0.1) is 0 Å². The number of amides is 3. The number of para-hydroxylation sites is 2. The lowest BCUT2D eigenvalue weighted by Gasteiger charge is -2.23. The molecule has 0 saturated carbocycles. The molecule has 3 aromatic carbocycles. The Balaban J connectivity index is 1.43. The summed E-state index contributed by atoms with van der Waals surface area (Å²) < 4.78 is 0. The lowest BCUT2D eigenvalue weighted by atomic mass is 10.1.